The molecule has 2 N–H and O–H groups in total. The maximum atomic E-state index is 9.60. The molecule has 0 amide bonds. The van der Waals surface area contributed by atoms with Crippen molar-refractivity contribution in [1.29, 1.82) is 0 Å². The molecule has 0 aromatic heterocycles. The molecule has 4 heteroatoms. The molecule has 0 saturated carbocycles. The first-order chi connectivity index (χ1) is 8.22. The van der Waals surface area contributed by atoms with Crippen molar-refractivity contribution < 1.29 is 9.84 Å². The van der Waals surface area contributed by atoms with Gasteiger partial charge >= 0.3 is 0 Å². The summed E-state index contributed by atoms with van der Waals surface area (Å²) in [5, 5.41) is 13.0. The maximum absolute atomic E-state index is 9.60. The molecule has 0 spiro atoms. The Balaban J connectivity index is 2.25. The fraction of sp³-hybridized carbons (Fsp3) is 0.538. The molecular weight excluding hydrogens is 216 g/mol. The number of methoxy groups -OCH3 is 1. The van der Waals surface area contributed by atoms with Crippen LogP contribution < -0.4 is 10.1 Å². The zero-order valence-electron chi connectivity index (χ0n) is 10.4. The van der Waals surface area contributed by atoms with Crippen molar-refractivity contribution in [2.75, 3.05) is 33.8 Å². The molecule has 0 bridgehead atoms. The predicted molar refractivity (Wildman–Crippen MR) is 67.5 cm³/mol. The van der Waals surface area contributed by atoms with Gasteiger partial charge in [-0.05, 0) is 44.3 Å². The van der Waals surface area contributed by atoms with Gasteiger partial charge in [0, 0.05) is 12.6 Å². The second-order valence-electron chi connectivity index (χ2n) is 4.49. The van der Waals surface area contributed by atoms with Crippen LogP contribution >= 0.6 is 0 Å². The molecule has 94 valence electrons. The molecule has 17 heavy (non-hydrogen) atoms. The van der Waals surface area contributed by atoms with Crippen LogP contribution in [0.25, 0.3) is 0 Å². The van der Waals surface area contributed by atoms with Crippen molar-refractivity contribution in [3.63, 3.8) is 0 Å². The average molecular weight is 236 g/mol. The van der Waals surface area contributed by atoms with Crippen LogP contribution in [0.5, 0.6) is 11.5 Å². The fourth-order valence-corrected chi connectivity index (χ4v) is 2.28. The largest absolute Gasteiger partial charge is 0.504 e. The van der Waals surface area contributed by atoms with Crippen molar-refractivity contribution >= 4 is 0 Å². The van der Waals surface area contributed by atoms with E-state index in [1.807, 2.05) is 12.1 Å². The van der Waals surface area contributed by atoms with Crippen LogP contribution in [0.4, 0.5) is 0 Å². The summed E-state index contributed by atoms with van der Waals surface area (Å²) in [6.07, 6.45) is 1.17. The van der Waals surface area contributed by atoms with Gasteiger partial charge in [0.2, 0.25) is 0 Å². The van der Waals surface area contributed by atoms with E-state index in [1.165, 1.54) is 12.0 Å². The van der Waals surface area contributed by atoms with Crippen molar-refractivity contribution in [2.45, 2.75) is 12.5 Å². The minimum Gasteiger partial charge on any atom is -0.504 e. The summed E-state index contributed by atoms with van der Waals surface area (Å²) < 4.78 is 5.15. The summed E-state index contributed by atoms with van der Waals surface area (Å²) in [7, 11) is 3.71. The minimum absolute atomic E-state index is 0.195. The Morgan fingerprint density at radius 1 is 1.47 bits per heavy atom. The number of aromatic hydroxyl groups is 1. The van der Waals surface area contributed by atoms with Crippen LogP contribution in [0.2, 0.25) is 0 Å². The lowest BCUT2D eigenvalue weighted by Gasteiger charge is -2.26. The van der Waals surface area contributed by atoms with Crippen LogP contribution in [0, 0.1) is 0 Å². The zero-order chi connectivity index (χ0) is 12.3. The van der Waals surface area contributed by atoms with Gasteiger partial charge in [-0.1, -0.05) is 6.07 Å². The molecule has 1 aliphatic rings. The lowest BCUT2D eigenvalue weighted by molar-refractivity contribution is 0.260. The van der Waals surface area contributed by atoms with Crippen molar-refractivity contribution in [3.8, 4) is 11.5 Å². The highest BCUT2D eigenvalue weighted by atomic mass is 16.5. The van der Waals surface area contributed by atoms with Crippen molar-refractivity contribution in [1.82, 2.24) is 10.2 Å². The van der Waals surface area contributed by atoms with E-state index in [4.69, 9.17) is 4.74 Å². The van der Waals surface area contributed by atoms with E-state index < -0.39 is 0 Å². The number of hydrogen-bond acceptors (Lipinski definition) is 4. The third-order valence-corrected chi connectivity index (χ3v) is 3.32. The quantitative estimate of drug-likeness (QED) is 0.814. The second-order valence-corrected chi connectivity index (χ2v) is 4.49. The molecule has 1 fully saturated rings. The number of ether oxygens (including phenoxy) is 1. The van der Waals surface area contributed by atoms with Gasteiger partial charge in [0.25, 0.3) is 0 Å². The highest BCUT2D eigenvalue weighted by Crippen LogP contribution is 2.30. The van der Waals surface area contributed by atoms with Crippen molar-refractivity contribution in [3.05, 3.63) is 23.8 Å². The number of nitrogens with zero attached hydrogens (tertiary/aromatic N) is 1. The summed E-state index contributed by atoms with van der Waals surface area (Å²) in [6.45, 7) is 3.08. The number of rotatable bonds is 2. The number of phenols is 1. The van der Waals surface area contributed by atoms with Gasteiger partial charge in [0.1, 0.15) is 0 Å². The highest BCUT2D eigenvalue weighted by molar-refractivity contribution is 5.42. The Labute approximate surface area is 102 Å². The third-order valence-electron chi connectivity index (χ3n) is 3.32. The molecule has 1 aromatic rings. The smallest absolute Gasteiger partial charge is 0.160 e. The average Bonchev–Trinajstić information content (AvgIpc) is 2.55. The summed E-state index contributed by atoms with van der Waals surface area (Å²) in [6, 6.07) is 5.93. The molecular formula is C13H20N2O2. The van der Waals surface area contributed by atoms with E-state index in [0.717, 1.165) is 19.6 Å². The predicted octanol–water partition coefficient (Wildman–Crippen LogP) is 1.37. The maximum Gasteiger partial charge on any atom is 0.160 e. The van der Waals surface area contributed by atoms with E-state index in [1.54, 1.807) is 13.2 Å². The highest BCUT2D eigenvalue weighted by Gasteiger charge is 2.20. The number of nitrogens with one attached hydrogen (secondary N) is 1. The lowest BCUT2D eigenvalue weighted by Crippen LogP contribution is -2.29. The first-order valence-electron chi connectivity index (χ1n) is 6.00. The van der Waals surface area contributed by atoms with E-state index in [9.17, 15) is 5.11 Å². The zero-order valence-corrected chi connectivity index (χ0v) is 10.4. The summed E-state index contributed by atoms with van der Waals surface area (Å²) in [5.41, 5.74) is 1.18. The standard InChI is InChI=1S/C13H20N2O2/c1-15-7-3-6-14-9-11(15)10-4-5-12(16)13(8-10)17-2/h4-5,8,11,14,16H,3,6-7,9H2,1-2H3. The van der Waals surface area contributed by atoms with E-state index in [2.05, 4.69) is 17.3 Å². The summed E-state index contributed by atoms with van der Waals surface area (Å²) in [4.78, 5) is 2.34. The van der Waals surface area contributed by atoms with Gasteiger partial charge in [0.05, 0.1) is 7.11 Å². The molecule has 1 atom stereocenters. The van der Waals surface area contributed by atoms with E-state index >= 15 is 0 Å². The van der Waals surface area contributed by atoms with Crippen LogP contribution in [0.1, 0.15) is 18.0 Å². The molecule has 1 heterocycles. The number of phenolic OH excluding ortho intramolecular Hbond substituents is 1. The molecule has 4 nitrogen and oxygen atoms in total. The molecule has 2 rings (SSSR count). The second kappa shape index (κ2) is 5.38. The van der Waals surface area contributed by atoms with Gasteiger partial charge in [-0.2, -0.15) is 0 Å². The van der Waals surface area contributed by atoms with Gasteiger partial charge in [0.15, 0.2) is 11.5 Å². The fourth-order valence-electron chi connectivity index (χ4n) is 2.28. The normalized spacial score (nSPS) is 22.1. The molecule has 0 radical (unpaired) electrons. The first kappa shape index (κ1) is 12.2. The van der Waals surface area contributed by atoms with Crippen LogP contribution in [-0.2, 0) is 0 Å². The summed E-state index contributed by atoms with van der Waals surface area (Å²) in [5.74, 6) is 0.737. The van der Waals surface area contributed by atoms with E-state index in [0.29, 0.717) is 11.8 Å². The molecule has 1 unspecified atom stereocenters. The van der Waals surface area contributed by atoms with Gasteiger partial charge in [-0.25, -0.2) is 0 Å². The van der Waals surface area contributed by atoms with Crippen LogP contribution in [-0.4, -0.2) is 43.8 Å². The molecule has 1 aromatic carbocycles. The SMILES string of the molecule is COc1cc(C2CNCCCN2C)ccc1O. The molecule has 1 aliphatic heterocycles. The topological polar surface area (TPSA) is 44.7 Å². The number of benzene rings is 1. The lowest BCUT2D eigenvalue weighted by atomic mass is 10.1. The molecule has 1 saturated heterocycles. The molecule has 0 aliphatic carbocycles. The van der Waals surface area contributed by atoms with E-state index in [-0.39, 0.29) is 5.75 Å². The Bertz CT molecular complexity index is 382. The van der Waals surface area contributed by atoms with Gasteiger partial charge < -0.3 is 15.2 Å². The Hall–Kier alpha value is -1.26. The number of likely N-dealkylation sites (N-methyl/N-ethyl adjacent to an activating group) is 1. The van der Waals surface area contributed by atoms with Crippen molar-refractivity contribution in [2.24, 2.45) is 0 Å². The monoisotopic (exact) mass is 236 g/mol. The van der Waals surface area contributed by atoms with Crippen LogP contribution in [0.15, 0.2) is 18.2 Å². The van der Waals surface area contributed by atoms with Gasteiger partial charge in [-0.15, -0.1) is 0 Å². The first-order valence-corrected chi connectivity index (χ1v) is 6.00. The van der Waals surface area contributed by atoms with Gasteiger partial charge in [-0.3, -0.25) is 4.90 Å². The Morgan fingerprint density at radius 3 is 3.06 bits per heavy atom. The van der Waals surface area contributed by atoms with Crippen LogP contribution in [0.3, 0.4) is 0 Å². The minimum atomic E-state index is 0.195. The third kappa shape index (κ3) is 2.70. The number of hydrogen-bond donors (Lipinski definition) is 2. The Kier molecular flexibility index (Phi) is 3.86. The Morgan fingerprint density at radius 2 is 2.29 bits per heavy atom. The summed E-state index contributed by atoms with van der Waals surface area (Å²) >= 11 is 0.